The van der Waals surface area contributed by atoms with E-state index in [9.17, 15) is 49.3 Å². The molecule has 8 atom stereocenters. The number of ether oxygens (including phenoxy) is 2. The number of β-lactam (4-membered cyclic amide) rings is 1. The van der Waals surface area contributed by atoms with E-state index in [2.05, 4.69) is 5.32 Å². The summed E-state index contributed by atoms with van der Waals surface area (Å²) in [5.74, 6) is -2.84. The van der Waals surface area contributed by atoms with Crippen molar-refractivity contribution in [1.29, 1.82) is 0 Å². The summed E-state index contributed by atoms with van der Waals surface area (Å²) in [4.78, 5) is 96.5. The fourth-order valence-electron chi connectivity index (χ4n) is 8.87. The lowest BCUT2D eigenvalue weighted by atomic mass is 9.79. The maximum atomic E-state index is 14.3. The average molecular weight is 850 g/mol. The summed E-state index contributed by atoms with van der Waals surface area (Å²) in [6.07, 6.45) is 0.608. The molecular weight excluding hydrogens is 803 g/mol. The van der Waals surface area contributed by atoms with Crippen LogP contribution in [0.4, 0.5) is 16.2 Å². The zero-order valence-corrected chi connectivity index (χ0v) is 34.2. The average Bonchev–Trinajstić information content (AvgIpc) is 4.02. The molecule has 0 unspecified atom stereocenters. The molecule has 4 saturated heterocycles. The molecule has 2 aromatic carbocycles. The zero-order valence-electron chi connectivity index (χ0n) is 33.3. The largest absolute Gasteiger partial charge is 0.456 e. The Morgan fingerprint density at radius 1 is 0.917 bits per heavy atom. The number of carbonyl (C=O) groups excluding carboxylic acids is 5. The smallest absolute Gasteiger partial charge is 0.410 e. The lowest BCUT2D eigenvalue weighted by Crippen LogP contribution is -2.63. The van der Waals surface area contributed by atoms with Gasteiger partial charge in [0.15, 0.2) is 0 Å². The normalized spacial score (nSPS) is 26.8. The highest BCUT2D eigenvalue weighted by atomic mass is 32.2. The highest BCUT2D eigenvalue weighted by Gasteiger charge is 2.61. The number of amides is 4. The minimum absolute atomic E-state index is 0.00872. The molecule has 0 saturated carbocycles. The first-order chi connectivity index (χ1) is 28.6. The van der Waals surface area contributed by atoms with Gasteiger partial charge in [-0.25, -0.2) is 9.59 Å². The minimum Gasteiger partial charge on any atom is -0.456 e. The van der Waals surface area contributed by atoms with E-state index >= 15 is 0 Å². The van der Waals surface area contributed by atoms with E-state index in [-0.39, 0.29) is 73.7 Å². The van der Waals surface area contributed by atoms with Crippen molar-refractivity contribution in [2.24, 2.45) is 11.8 Å². The molecule has 19 nitrogen and oxygen atoms in total. The van der Waals surface area contributed by atoms with Crippen molar-refractivity contribution in [3.05, 3.63) is 90.5 Å². The minimum atomic E-state index is -0.995. The molecule has 20 heteroatoms. The molecule has 0 bridgehead atoms. The van der Waals surface area contributed by atoms with E-state index in [4.69, 9.17) is 9.47 Å². The third-order valence-electron chi connectivity index (χ3n) is 12.1. The van der Waals surface area contributed by atoms with Crippen LogP contribution in [0.5, 0.6) is 0 Å². The molecule has 4 fully saturated rings. The number of aliphatic hydroxyl groups is 1. The van der Waals surface area contributed by atoms with E-state index < -0.39 is 63.1 Å². The highest BCUT2D eigenvalue weighted by molar-refractivity contribution is 8.03. The Bertz CT molecular complexity index is 2080. The second kappa shape index (κ2) is 17.6. The van der Waals surface area contributed by atoms with Crippen LogP contribution in [0.3, 0.4) is 0 Å². The van der Waals surface area contributed by atoms with Crippen LogP contribution in [-0.4, -0.2) is 133 Å². The summed E-state index contributed by atoms with van der Waals surface area (Å²) in [5, 5.41) is 35.4. The number of nitro groups is 2. The standard InChI is InChI=1S/C40H47N7O12S/c1-22-33-32(23(2)48)38(51)45(33)34(39(52)58-20-24-6-10-27(11-7-24)46(54)55)35(22)60-29-17-31(44(19-29)40(53)59-21-25-8-12-28(13-9-25)47(56)57)37(50)43-16-14-26(18-43)41-36(49)30-5-4-15-42(30)3/h6-13,22-23,26,29-33,48H,4-5,14-21H2,1-3H3,(H,41,49)/t22-,23-,26+,29+,30+,31+,32-,33-/m1/s1. The predicted octanol–water partition coefficient (Wildman–Crippen LogP) is 2.94. The van der Waals surface area contributed by atoms with Gasteiger partial charge >= 0.3 is 12.1 Å². The molecule has 0 aliphatic carbocycles. The summed E-state index contributed by atoms with van der Waals surface area (Å²) < 4.78 is 11.3. The first kappa shape index (κ1) is 42.5. The summed E-state index contributed by atoms with van der Waals surface area (Å²) in [5.41, 5.74) is 0.737. The molecule has 5 aliphatic heterocycles. The molecule has 60 heavy (non-hydrogen) atoms. The number of rotatable bonds is 13. The number of carbonyl (C=O) groups is 5. The second-order valence-electron chi connectivity index (χ2n) is 16.0. The van der Waals surface area contributed by atoms with E-state index in [1.165, 1.54) is 77.0 Å². The highest BCUT2D eigenvalue weighted by Crippen LogP contribution is 2.52. The molecule has 2 N–H and O–H groups in total. The summed E-state index contributed by atoms with van der Waals surface area (Å²) in [7, 11) is 1.91. The van der Waals surface area contributed by atoms with Gasteiger partial charge in [-0.3, -0.25) is 44.4 Å². The van der Waals surface area contributed by atoms with Crippen molar-refractivity contribution < 1.29 is 48.4 Å². The summed E-state index contributed by atoms with van der Waals surface area (Å²) >= 11 is 1.26. The molecule has 320 valence electrons. The molecule has 0 spiro atoms. The Morgan fingerprint density at radius 3 is 2.10 bits per heavy atom. The molecule has 2 aromatic rings. The zero-order chi connectivity index (χ0) is 43.0. The van der Waals surface area contributed by atoms with Gasteiger partial charge in [-0.15, -0.1) is 11.8 Å². The van der Waals surface area contributed by atoms with Crippen LogP contribution < -0.4 is 5.32 Å². The number of hydrogen-bond acceptors (Lipinski definition) is 14. The fourth-order valence-corrected chi connectivity index (χ4v) is 10.4. The topological polar surface area (TPSA) is 235 Å². The number of aliphatic hydroxyl groups excluding tert-OH is 1. The van der Waals surface area contributed by atoms with Crippen LogP contribution in [0.1, 0.15) is 50.7 Å². The number of likely N-dealkylation sites (tertiary alicyclic amines) is 3. The van der Waals surface area contributed by atoms with Crippen LogP contribution in [0.25, 0.3) is 0 Å². The second-order valence-corrected chi connectivity index (χ2v) is 17.3. The lowest BCUT2D eigenvalue weighted by Gasteiger charge is -2.46. The monoisotopic (exact) mass is 849 g/mol. The van der Waals surface area contributed by atoms with Crippen molar-refractivity contribution in [3.63, 3.8) is 0 Å². The van der Waals surface area contributed by atoms with Gasteiger partial charge in [-0.05, 0) is 81.6 Å². The van der Waals surface area contributed by atoms with Gasteiger partial charge < -0.3 is 29.7 Å². The number of non-ortho nitro benzene ring substituents is 2. The van der Waals surface area contributed by atoms with Crippen molar-refractivity contribution in [1.82, 2.24) is 24.9 Å². The van der Waals surface area contributed by atoms with Gasteiger partial charge in [0.1, 0.15) is 25.0 Å². The Kier molecular flexibility index (Phi) is 12.4. The maximum absolute atomic E-state index is 14.3. The Labute approximate surface area is 349 Å². The first-order valence-corrected chi connectivity index (χ1v) is 20.8. The van der Waals surface area contributed by atoms with Crippen molar-refractivity contribution in [2.75, 3.05) is 33.2 Å². The van der Waals surface area contributed by atoms with Crippen LogP contribution in [0.15, 0.2) is 59.1 Å². The van der Waals surface area contributed by atoms with Gasteiger partial charge in [-0.2, -0.15) is 0 Å². The number of esters is 1. The first-order valence-electron chi connectivity index (χ1n) is 19.9. The van der Waals surface area contributed by atoms with Gasteiger partial charge in [0.25, 0.3) is 11.4 Å². The molecule has 0 aromatic heterocycles. The number of benzene rings is 2. The van der Waals surface area contributed by atoms with Gasteiger partial charge in [-0.1, -0.05) is 6.92 Å². The van der Waals surface area contributed by atoms with E-state index in [0.717, 1.165) is 19.4 Å². The number of likely N-dealkylation sites (N-methyl/N-ethyl adjacent to an activating group) is 1. The summed E-state index contributed by atoms with van der Waals surface area (Å²) in [6.45, 7) is 4.38. The molecular formula is C40H47N7O12S. The van der Waals surface area contributed by atoms with Crippen LogP contribution in [0, 0.1) is 32.1 Å². The van der Waals surface area contributed by atoms with Gasteiger partial charge in [0.05, 0.1) is 34.0 Å². The van der Waals surface area contributed by atoms with Crippen molar-refractivity contribution in [2.45, 2.75) is 88.3 Å². The number of nitrogens with one attached hydrogen (secondary N) is 1. The van der Waals surface area contributed by atoms with Crippen LogP contribution in [0.2, 0.25) is 0 Å². The Balaban J connectivity index is 1.10. The predicted molar refractivity (Wildman–Crippen MR) is 213 cm³/mol. The molecule has 0 radical (unpaired) electrons. The van der Waals surface area contributed by atoms with E-state index in [1.807, 2.05) is 18.9 Å². The van der Waals surface area contributed by atoms with Gasteiger partial charge in [0, 0.05) is 66.0 Å². The molecule has 5 heterocycles. The summed E-state index contributed by atoms with van der Waals surface area (Å²) in [6, 6.07) is 9.04. The lowest BCUT2D eigenvalue weighted by molar-refractivity contribution is -0.385. The van der Waals surface area contributed by atoms with Crippen LogP contribution in [-0.2, 0) is 41.9 Å². The van der Waals surface area contributed by atoms with Gasteiger partial charge in [0.2, 0.25) is 17.7 Å². The molecule has 4 amide bonds. The molecule has 7 rings (SSSR count). The number of nitro benzene ring substituents is 2. The number of fused-ring (bicyclic) bond motifs is 1. The molecule has 5 aliphatic rings. The van der Waals surface area contributed by atoms with Crippen molar-refractivity contribution >= 4 is 52.9 Å². The third-order valence-corrected chi connectivity index (χ3v) is 13.6. The Morgan fingerprint density at radius 2 is 1.53 bits per heavy atom. The van der Waals surface area contributed by atoms with Crippen LogP contribution >= 0.6 is 11.8 Å². The quantitative estimate of drug-likeness (QED) is 0.128. The maximum Gasteiger partial charge on any atom is 0.410 e. The third kappa shape index (κ3) is 8.53. The number of nitrogens with zero attached hydrogens (tertiary/aromatic N) is 6. The SMILES string of the molecule is C[C@@H](O)[C@H]1C(=O)N2C(C(=O)OCc3ccc([N+](=O)[O-])cc3)=C(S[C@H]3C[C@@H](C(=O)N4CC[C@H](NC(=O)[C@@H]5CCCN5C)C4)N(C(=O)OCc4ccc([N+](=O)[O-])cc4)C3)[C@H](C)[C@H]12. The van der Waals surface area contributed by atoms with E-state index in [1.54, 1.807) is 4.90 Å². The fraction of sp³-hybridized carbons (Fsp3) is 0.525. The number of thioether (sulfide) groups is 1. The van der Waals surface area contributed by atoms with Crippen molar-refractivity contribution in [3.8, 4) is 0 Å². The number of hydrogen-bond donors (Lipinski definition) is 2. The Hall–Kier alpha value is -5.60. The van der Waals surface area contributed by atoms with E-state index in [0.29, 0.717) is 29.0 Å².